The number of hydrogen-bond donors (Lipinski definition) is 0. The van der Waals surface area contributed by atoms with E-state index < -0.39 is 0 Å². The van der Waals surface area contributed by atoms with Gasteiger partial charge >= 0.3 is 0 Å². The van der Waals surface area contributed by atoms with Gasteiger partial charge < -0.3 is 9.47 Å². The van der Waals surface area contributed by atoms with Crippen LogP contribution in [0, 0.1) is 0 Å². The van der Waals surface area contributed by atoms with Crippen molar-refractivity contribution in [2.45, 2.75) is 18.3 Å². The molecule has 0 atom stereocenters. The van der Waals surface area contributed by atoms with Gasteiger partial charge in [0, 0.05) is 5.41 Å². The summed E-state index contributed by atoms with van der Waals surface area (Å²) in [6.45, 7) is 0. The van der Waals surface area contributed by atoms with Crippen LogP contribution in [0.4, 0.5) is 0 Å². The number of methoxy groups -OCH3 is 2. The van der Waals surface area contributed by atoms with E-state index in [1.807, 2.05) is 0 Å². The Morgan fingerprint density at radius 1 is 0.516 bits per heavy atom. The van der Waals surface area contributed by atoms with Gasteiger partial charge in [0.1, 0.15) is 11.5 Å². The molecule has 0 heterocycles. The highest BCUT2D eigenvalue weighted by Crippen LogP contribution is 2.52. The lowest BCUT2D eigenvalue weighted by Gasteiger charge is -2.33. The first-order valence-electron chi connectivity index (χ1n) is 10.7. The Morgan fingerprint density at radius 3 is 1.29 bits per heavy atom. The first kappa shape index (κ1) is 19.4. The monoisotopic (exact) mass is 406 g/mol. The van der Waals surface area contributed by atoms with Crippen LogP contribution in [0.25, 0.3) is 11.1 Å². The van der Waals surface area contributed by atoms with E-state index in [4.69, 9.17) is 9.47 Å². The van der Waals surface area contributed by atoms with Gasteiger partial charge in [-0.3, -0.25) is 0 Å². The lowest BCUT2D eigenvalue weighted by molar-refractivity contribution is 0.414. The van der Waals surface area contributed by atoms with Crippen LogP contribution >= 0.6 is 0 Å². The molecule has 1 aliphatic carbocycles. The van der Waals surface area contributed by atoms with Gasteiger partial charge in [-0.05, 0) is 70.5 Å². The number of hydrogen-bond acceptors (Lipinski definition) is 2. The van der Waals surface area contributed by atoms with Crippen molar-refractivity contribution in [2.75, 3.05) is 14.2 Å². The Balaban J connectivity index is 1.67. The van der Waals surface area contributed by atoms with Crippen LogP contribution in [-0.2, 0) is 18.3 Å². The van der Waals surface area contributed by atoms with E-state index >= 15 is 0 Å². The van der Waals surface area contributed by atoms with E-state index in [0.717, 1.165) is 24.3 Å². The Morgan fingerprint density at radius 2 is 0.903 bits per heavy atom. The van der Waals surface area contributed by atoms with Crippen molar-refractivity contribution in [1.29, 1.82) is 0 Å². The normalized spacial score (nSPS) is 13.4. The number of ether oxygens (including phenoxy) is 2. The molecule has 1 aliphatic rings. The van der Waals surface area contributed by atoms with E-state index in [9.17, 15) is 0 Å². The average Bonchev–Trinajstić information content (AvgIpc) is 3.10. The summed E-state index contributed by atoms with van der Waals surface area (Å²) in [6, 6.07) is 34.8. The SMILES string of the molecule is COc1ccc(CC2(Cc3ccc(OC)cc3)c3ccccc3-c3ccccc32)cc1. The predicted molar refractivity (Wildman–Crippen MR) is 126 cm³/mol. The highest BCUT2D eigenvalue weighted by Gasteiger charge is 2.42. The molecule has 0 aromatic heterocycles. The molecule has 0 bridgehead atoms. The first-order valence-corrected chi connectivity index (χ1v) is 10.7. The lowest BCUT2D eigenvalue weighted by atomic mass is 9.69. The van der Waals surface area contributed by atoms with Crippen molar-refractivity contribution < 1.29 is 9.47 Å². The Kier molecular flexibility index (Phi) is 4.99. The van der Waals surface area contributed by atoms with E-state index in [2.05, 4.69) is 97.1 Å². The molecule has 4 aromatic carbocycles. The van der Waals surface area contributed by atoms with Crippen LogP contribution in [0.2, 0.25) is 0 Å². The molecule has 0 unspecified atom stereocenters. The lowest BCUT2D eigenvalue weighted by Crippen LogP contribution is -2.31. The Labute approximate surface area is 184 Å². The molecule has 0 spiro atoms. The van der Waals surface area contributed by atoms with Gasteiger partial charge in [0.2, 0.25) is 0 Å². The van der Waals surface area contributed by atoms with E-state index in [1.54, 1.807) is 14.2 Å². The van der Waals surface area contributed by atoms with Crippen molar-refractivity contribution in [3.8, 4) is 22.6 Å². The van der Waals surface area contributed by atoms with E-state index in [1.165, 1.54) is 33.4 Å². The van der Waals surface area contributed by atoms with Gasteiger partial charge in [-0.15, -0.1) is 0 Å². The molecule has 0 amide bonds. The van der Waals surface area contributed by atoms with Crippen LogP contribution < -0.4 is 9.47 Å². The molecule has 0 saturated carbocycles. The summed E-state index contributed by atoms with van der Waals surface area (Å²) in [4.78, 5) is 0. The molecule has 31 heavy (non-hydrogen) atoms. The maximum atomic E-state index is 5.38. The summed E-state index contributed by atoms with van der Waals surface area (Å²) in [5.41, 5.74) is 7.99. The first-order chi connectivity index (χ1) is 15.2. The molecule has 5 rings (SSSR count). The predicted octanol–water partition coefficient (Wildman–Crippen LogP) is 6.46. The molecule has 0 N–H and O–H groups in total. The second kappa shape index (κ2) is 7.96. The zero-order valence-electron chi connectivity index (χ0n) is 18.0. The molecule has 4 aromatic rings. The quantitative estimate of drug-likeness (QED) is 0.366. The largest absolute Gasteiger partial charge is 0.497 e. The Hall–Kier alpha value is -3.52. The van der Waals surface area contributed by atoms with Crippen LogP contribution in [0.3, 0.4) is 0 Å². The molecule has 2 nitrogen and oxygen atoms in total. The van der Waals surface area contributed by atoms with Gasteiger partial charge in [0.05, 0.1) is 14.2 Å². The van der Waals surface area contributed by atoms with Crippen molar-refractivity contribution in [1.82, 2.24) is 0 Å². The standard InChI is InChI=1S/C29H26O2/c1-30-23-15-11-21(12-16-23)19-29(20-22-13-17-24(31-2)18-14-22)27-9-5-3-7-25(27)26-8-4-6-10-28(26)29/h3-18H,19-20H2,1-2H3. The fourth-order valence-corrected chi connectivity index (χ4v) is 5.04. The summed E-state index contributed by atoms with van der Waals surface area (Å²) < 4.78 is 10.8. The van der Waals surface area contributed by atoms with Gasteiger partial charge in [0.25, 0.3) is 0 Å². The molecular formula is C29H26O2. The fraction of sp³-hybridized carbons (Fsp3) is 0.172. The molecule has 0 saturated heterocycles. The highest BCUT2D eigenvalue weighted by atomic mass is 16.5. The molecule has 0 fully saturated rings. The zero-order chi connectivity index (χ0) is 21.3. The minimum absolute atomic E-state index is 0.129. The van der Waals surface area contributed by atoms with E-state index in [0.29, 0.717) is 0 Å². The summed E-state index contributed by atoms with van der Waals surface area (Å²) >= 11 is 0. The fourth-order valence-electron chi connectivity index (χ4n) is 5.04. The molecule has 0 aliphatic heterocycles. The van der Waals surface area contributed by atoms with Gasteiger partial charge in [-0.2, -0.15) is 0 Å². The highest BCUT2D eigenvalue weighted by molar-refractivity contribution is 5.81. The van der Waals surface area contributed by atoms with Crippen molar-refractivity contribution in [3.63, 3.8) is 0 Å². The summed E-state index contributed by atoms with van der Waals surface area (Å²) in [5, 5.41) is 0. The number of fused-ring (bicyclic) bond motifs is 3. The maximum absolute atomic E-state index is 5.38. The van der Waals surface area contributed by atoms with Crippen LogP contribution in [0.5, 0.6) is 11.5 Å². The van der Waals surface area contributed by atoms with Crippen molar-refractivity contribution in [3.05, 3.63) is 119 Å². The van der Waals surface area contributed by atoms with Gasteiger partial charge in [0.15, 0.2) is 0 Å². The minimum atomic E-state index is -0.129. The third kappa shape index (κ3) is 3.38. The number of rotatable bonds is 6. The third-order valence-corrected chi connectivity index (χ3v) is 6.51. The zero-order valence-corrected chi connectivity index (χ0v) is 18.0. The summed E-state index contributed by atoms with van der Waals surface area (Å²) in [5.74, 6) is 1.78. The molecule has 154 valence electrons. The average molecular weight is 407 g/mol. The smallest absolute Gasteiger partial charge is 0.118 e. The molecular weight excluding hydrogens is 380 g/mol. The molecule has 2 heteroatoms. The van der Waals surface area contributed by atoms with Crippen LogP contribution in [0.15, 0.2) is 97.1 Å². The minimum Gasteiger partial charge on any atom is -0.497 e. The van der Waals surface area contributed by atoms with Crippen molar-refractivity contribution >= 4 is 0 Å². The van der Waals surface area contributed by atoms with Crippen LogP contribution in [-0.4, -0.2) is 14.2 Å². The van der Waals surface area contributed by atoms with E-state index in [-0.39, 0.29) is 5.41 Å². The maximum Gasteiger partial charge on any atom is 0.118 e. The second-order valence-corrected chi connectivity index (χ2v) is 8.22. The Bertz CT molecular complexity index is 1090. The second-order valence-electron chi connectivity index (χ2n) is 8.22. The molecule has 0 radical (unpaired) electrons. The van der Waals surface area contributed by atoms with Crippen molar-refractivity contribution in [2.24, 2.45) is 0 Å². The topological polar surface area (TPSA) is 18.5 Å². The third-order valence-electron chi connectivity index (χ3n) is 6.51. The summed E-state index contributed by atoms with van der Waals surface area (Å²) in [7, 11) is 3.42. The van der Waals surface area contributed by atoms with Gasteiger partial charge in [-0.25, -0.2) is 0 Å². The van der Waals surface area contributed by atoms with Gasteiger partial charge in [-0.1, -0.05) is 72.8 Å². The summed E-state index contributed by atoms with van der Waals surface area (Å²) in [6.07, 6.45) is 1.86. The number of benzene rings is 4. The van der Waals surface area contributed by atoms with Crippen LogP contribution in [0.1, 0.15) is 22.3 Å².